The zero-order chi connectivity index (χ0) is 12.5. The van der Waals surface area contributed by atoms with E-state index in [2.05, 4.69) is 0 Å². The third kappa shape index (κ3) is 2.10. The molecule has 1 aromatic rings. The van der Waals surface area contributed by atoms with E-state index in [4.69, 9.17) is 15.2 Å². The van der Waals surface area contributed by atoms with E-state index in [1.165, 1.54) is 0 Å². The lowest BCUT2D eigenvalue weighted by Crippen LogP contribution is -2.37. The van der Waals surface area contributed by atoms with E-state index >= 15 is 0 Å². The quantitative estimate of drug-likeness (QED) is 0.809. The predicted octanol–water partition coefficient (Wildman–Crippen LogP) is 1.26. The van der Waals surface area contributed by atoms with Crippen LogP contribution in [0.15, 0.2) is 18.2 Å². The normalized spacial score (nSPS) is 18.6. The molecular formula is C13H19NO3. The van der Waals surface area contributed by atoms with Gasteiger partial charge in [-0.25, -0.2) is 0 Å². The van der Waals surface area contributed by atoms with Crippen LogP contribution in [0.1, 0.15) is 18.4 Å². The fraction of sp³-hybridized carbons (Fsp3) is 0.538. The smallest absolute Gasteiger partial charge is 0.128 e. The van der Waals surface area contributed by atoms with Gasteiger partial charge in [0, 0.05) is 18.2 Å². The van der Waals surface area contributed by atoms with Crippen molar-refractivity contribution >= 4 is 0 Å². The number of hydrogen-bond acceptors (Lipinski definition) is 4. The summed E-state index contributed by atoms with van der Waals surface area (Å²) in [7, 11) is 3.19. The molecular weight excluding hydrogens is 218 g/mol. The Hall–Kier alpha value is -1.26. The molecule has 1 unspecified atom stereocenters. The van der Waals surface area contributed by atoms with Gasteiger partial charge in [0.25, 0.3) is 0 Å². The molecule has 94 valence electrons. The van der Waals surface area contributed by atoms with E-state index < -0.39 is 5.60 Å². The monoisotopic (exact) mass is 237 g/mol. The molecule has 1 atom stereocenters. The van der Waals surface area contributed by atoms with E-state index in [0.717, 1.165) is 18.4 Å². The molecule has 0 aliphatic heterocycles. The molecule has 0 heterocycles. The van der Waals surface area contributed by atoms with Gasteiger partial charge < -0.3 is 20.3 Å². The maximum absolute atomic E-state index is 10.7. The Morgan fingerprint density at radius 1 is 1.35 bits per heavy atom. The summed E-state index contributed by atoms with van der Waals surface area (Å²) in [6, 6.07) is 5.43. The van der Waals surface area contributed by atoms with E-state index in [1.807, 2.05) is 12.1 Å². The van der Waals surface area contributed by atoms with Crippen molar-refractivity contribution in [3.63, 3.8) is 0 Å². The number of benzene rings is 1. The van der Waals surface area contributed by atoms with Crippen LogP contribution in [-0.2, 0) is 5.60 Å². The van der Waals surface area contributed by atoms with Gasteiger partial charge in [-0.1, -0.05) is 0 Å². The van der Waals surface area contributed by atoms with Crippen LogP contribution in [0.5, 0.6) is 11.5 Å². The van der Waals surface area contributed by atoms with Crippen LogP contribution >= 0.6 is 0 Å². The summed E-state index contributed by atoms with van der Waals surface area (Å²) in [6.45, 7) is 0.209. The van der Waals surface area contributed by atoms with Gasteiger partial charge in [0.05, 0.1) is 14.2 Å². The zero-order valence-corrected chi connectivity index (χ0v) is 10.3. The average Bonchev–Trinajstić information content (AvgIpc) is 3.21. The fourth-order valence-electron chi connectivity index (χ4n) is 2.21. The molecule has 4 heteroatoms. The van der Waals surface area contributed by atoms with Crippen LogP contribution in [0.3, 0.4) is 0 Å². The topological polar surface area (TPSA) is 64.7 Å². The molecule has 1 aliphatic rings. The van der Waals surface area contributed by atoms with Crippen LogP contribution in [0.25, 0.3) is 0 Å². The van der Waals surface area contributed by atoms with Gasteiger partial charge in [-0.15, -0.1) is 0 Å². The highest BCUT2D eigenvalue weighted by molar-refractivity contribution is 5.45. The highest BCUT2D eigenvalue weighted by atomic mass is 16.5. The Kier molecular flexibility index (Phi) is 3.26. The molecule has 0 amide bonds. The van der Waals surface area contributed by atoms with Crippen molar-refractivity contribution in [3.8, 4) is 11.5 Å². The number of rotatable bonds is 5. The number of methoxy groups -OCH3 is 2. The summed E-state index contributed by atoms with van der Waals surface area (Å²) >= 11 is 0. The molecule has 0 radical (unpaired) electrons. The van der Waals surface area contributed by atoms with Crippen molar-refractivity contribution < 1.29 is 14.6 Å². The Balaban J connectivity index is 2.42. The van der Waals surface area contributed by atoms with Gasteiger partial charge in [-0.2, -0.15) is 0 Å². The lowest BCUT2D eigenvalue weighted by atomic mass is 9.88. The zero-order valence-electron chi connectivity index (χ0n) is 10.3. The summed E-state index contributed by atoms with van der Waals surface area (Å²) in [5.74, 6) is 1.58. The Labute approximate surface area is 101 Å². The standard InChI is InChI=1S/C13H19NO3/c1-16-10-5-6-11(12(7-10)17-2)13(15,8-14)9-3-4-9/h5-7,9,15H,3-4,8,14H2,1-2H3. The molecule has 0 aromatic heterocycles. The molecule has 1 saturated carbocycles. The van der Waals surface area contributed by atoms with E-state index in [-0.39, 0.29) is 12.5 Å². The molecule has 1 aliphatic carbocycles. The second-order valence-corrected chi connectivity index (χ2v) is 4.47. The van der Waals surface area contributed by atoms with E-state index in [1.54, 1.807) is 20.3 Å². The minimum Gasteiger partial charge on any atom is -0.497 e. The molecule has 1 fully saturated rings. The van der Waals surface area contributed by atoms with Crippen LogP contribution in [0, 0.1) is 5.92 Å². The second kappa shape index (κ2) is 4.55. The summed E-state index contributed by atoms with van der Waals surface area (Å²) in [5, 5.41) is 10.7. The number of nitrogens with two attached hydrogens (primary N) is 1. The van der Waals surface area contributed by atoms with E-state index in [0.29, 0.717) is 11.5 Å². The number of aliphatic hydroxyl groups is 1. The SMILES string of the molecule is COc1ccc(C(O)(CN)C2CC2)c(OC)c1. The molecule has 1 aromatic carbocycles. The average molecular weight is 237 g/mol. The second-order valence-electron chi connectivity index (χ2n) is 4.47. The number of ether oxygens (including phenoxy) is 2. The number of hydrogen-bond donors (Lipinski definition) is 2. The lowest BCUT2D eigenvalue weighted by molar-refractivity contribution is 0.0199. The van der Waals surface area contributed by atoms with Crippen LogP contribution in [0.2, 0.25) is 0 Å². The van der Waals surface area contributed by atoms with Crippen molar-refractivity contribution in [1.29, 1.82) is 0 Å². The van der Waals surface area contributed by atoms with Gasteiger partial charge in [-0.3, -0.25) is 0 Å². The highest BCUT2D eigenvalue weighted by Crippen LogP contribution is 2.48. The molecule has 4 nitrogen and oxygen atoms in total. The molecule has 17 heavy (non-hydrogen) atoms. The summed E-state index contributed by atoms with van der Waals surface area (Å²) < 4.78 is 10.5. The minimum absolute atomic E-state index is 0.209. The van der Waals surface area contributed by atoms with Crippen LogP contribution in [-0.4, -0.2) is 25.9 Å². The van der Waals surface area contributed by atoms with Gasteiger partial charge >= 0.3 is 0 Å². The van der Waals surface area contributed by atoms with E-state index in [9.17, 15) is 5.11 Å². The summed E-state index contributed by atoms with van der Waals surface area (Å²) in [6.07, 6.45) is 2.03. The van der Waals surface area contributed by atoms with Crippen LogP contribution < -0.4 is 15.2 Å². The van der Waals surface area contributed by atoms with Crippen LogP contribution in [0.4, 0.5) is 0 Å². The van der Waals surface area contributed by atoms with Gasteiger partial charge in [0.1, 0.15) is 17.1 Å². The Morgan fingerprint density at radius 3 is 2.53 bits per heavy atom. The van der Waals surface area contributed by atoms with Crippen molar-refractivity contribution in [2.45, 2.75) is 18.4 Å². The first-order valence-electron chi connectivity index (χ1n) is 5.80. The summed E-state index contributed by atoms with van der Waals surface area (Å²) in [5.41, 5.74) is 5.52. The van der Waals surface area contributed by atoms with Crippen molar-refractivity contribution in [3.05, 3.63) is 23.8 Å². The maximum Gasteiger partial charge on any atom is 0.128 e. The first-order chi connectivity index (χ1) is 8.15. The highest BCUT2D eigenvalue weighted by Gasteiger charge is 2.45. The first-order valence-corrected chi connectivity index (χ1v) is 5.80. The van der Waals surface area contributed by atoms with Crippen molar-refractivity contribution in [2.75, 3.05) is 20.8 Å². The Bertz CT molecular complexity index is 404. The molecule has 2 rings (SSSR count). The first kappa shape index (κ1) is 12.2. The molecule has 0 spiro atoms. The maximum atomic E-state index is 10.7. The van der Waals surface area contributed by atoms with Crippen molar-refractivity contribution in [1.82, 2.24) is 0 Å². The molecule has 0 saturated heterocycles. The third-order valence-corrected chi connectivity index (χ3v) is 3.44. The van der Waals surface area contributed by atoms with Crippen molar-refractivity contribution in [2.24, 2.45) is 11.7 Å². The van der Waals surface area contributed by atoms with Gasteiger partial charge in [0.2, 0.25) is 0 Å². The minimum atomic E-state index is -0.975. The Morgan fingerprint density at radius 2 is 2.06 bits per heavy atom. The largest absolute Gasteiger partial charge is 0.497 e. The fourth-order valence-corrected chi connectivity index (χ4v) is 2.21. The summed E-state index contributed by atoms with van der Waals surface area (Å²) in [4.78, 5) is 0. The van der Waals surface area contributed by atoms with Gasteiger partial charge in [0.15, 0.2) is 0 Å². The lowest BCUT2D eigenvalue weighted by Gasteiger charge is -2.28. The molecule has 3 N–H and O–H groups in total. The predicted molar refractivity (Wildman–Crippen MR) is 65.2 cm³/mol. The third-order valence-electron chi connectivity index (χ3n) is 3.44. The molecule has 0 bridgehead atoms. The van der Waals surface area contributed by atoms with Gasteiger partial charge in [-0.05, 0) is 30.9 Å².